The van der Waals surface area contributed by atoms with Crippen LogP contribution in [0.5, 0.6) is 0 Å². The van der Waals surface area contributed by atoms with Gasteiger partial charge in [0.15, 0.2) is 0 Å². The minimum Gasteiger partial charge on any atom is -0.393 e. The van der Waals surface area contributed by atoms with Gasteiger partial charge in [0.2, 0.25) is 5.91 Å². The molecule has 1 saturated carbocycles. The number of hydrogen-bond donors (Lipinski definition) is 2. The molecule has 1 amide bonds. The molecule has 4 heteroatoms. The molecule has 1 aliphatic carbocycles. The van der Waals surface area contributed by atoms with Gasteiger partial charge in [0.1, 0.15) is 0 Å². The van der Waals surface area contributed by atoms with E-state index in [4.69, 9.17) is 0 Å². The van der Waals surface area contributed by atoms with E-state index in [9.17, 15) is 9.90 Å². The maximum atomic E-state index is 11.8. The Bertz CT molecular complexity index is 514. The molecule has 2 fully saturated rings. The zero-order valence-electron chi connectivity index (χ0n) is 13.3. The number of amides is 1. The second-order valence-electron chi connectivity index (χ2n) is 6.63. The van der Waals surface area contributed by atoms with Gasteiger partial charge >= 0.3 is 0 Å². The van der Waals surface area contributed by atoms with Crippen molar-refractivity contribution in [1.82, 2.24) is 5.32 Å². The number of aliphatic hydroxyl groups is 1. The SMILES string of the molecule is C[C@H](NC[C@@H]1CCC[C@@H]1O)c1ccc(N2CCCC2=O)cc1. The molecule has 4 nitrogen and oxygen atoms in total. The summed E-state index contributed by atoms with van der Waals surface area (Å²) in [6, 6.07) is 8.55. The molecule has 120 valence electrons. The largest absolute Gasteiger partial charge is 0.393 e. The zero-order chi connectivity index (χ0) is 15.5. The van der Waals surface area contributed by atoms with Gasteiger partial charge in [-0.2, -0.15) is 0 Å². The van der Waals surface area contributed by atoms with Gasteiger partial charge in [0.25, 0.3) is 0 Å². The van der Waals surface area contributed by atoms with E-state index >= 15 is 0 Å². The van der Waals surface area contributed by atoms with Crippen molar-refractivity contribution >= 4 is 11.6 Å². The van der Waals surface area contributed by atoms with E-state index in [-0.39, 0.29) is 18.1 Å². The Morgan fingerprint density at radius 2 is 2.05 bits per heavy atom. The van der Waals surface area contributed by atoms with Gasteiger partial charge in [-0.05, 0) is 49.8 Å². The minimum atomic E-state index is -0.136. The summed E-state index contributed by atoms with van der Waals surface area (Å²) in [6.45, 7) is 3.86. The van der Waals surface area contributed by atoms with Crippen molar-refractivity contribution in [1.29, 1.82) is 0 Å². The van der Waals surface area contributed by atoms with Crippen LogP contribution in [0.1, 0.15) is 50.6 Å². The molecule has 0 unspecified atom stereocenters. The van der Waals surface area contributed by atoms with Crippen molar-refractivity contribution in [3.05, 3.63) is 29.8 Å². The first-order valence-corrected chi connectivity index (χ1v) is 8.47. The van der Waals surface area contributed by atoms with Crippen molar-refractivity contribution < 1.29 is 9.90 Å². The van der Waals surface area contributed by atoms with Crippen molar-refractivity contribution in [2.75, 3.05) is 18.0 Å². The van der Waals surface area contributed by atoms with Gasteiger partial charge in [-0.3, -0.25) is 4.79 Å². The highest BCUT2D eigenvalue weighted by Crippen LogP contribution is 2.26. The molecule has 0 spiro atoms. The van der Waals surface area contributed by atoms with Crippen LogP contribution >= 0.6 is 0 Å². The van der Waals surface area contributed by atoms with Gasteiger partial charge in [-0.25, -0.2) is 0 Å². The highest BCUT2D eigenvalue weighted by Gasteiger charge is 2.25. The highest BCUT2D eigenvalue weighted by molar-refractivity contribution is 5.95. The lowest BCUT2D eigenvalue weighted by molar-refractivity contribution is -0.117. The second-order valence-corrected chi connectivity index (χ2v) is 6.63. The number of hydrogen-bond acceptors (Lipinski definition) is 3. The molecule has 0 bridgehead atoms. The third-order valence-electron chi connectivity index (χ3n) is 5.08. The fourth-order valence-electron chi connectivity index (χ4n) is 3.57. The average molecular weight is 302 g/mol. The Morgan fingerprint density at radius 1 is 1.27 bits per heavy atom. The molecule has 2 N–H and O–H groups in total. The van der Waals surface area contributed by atoms with Crippen LogP contribution in [-0.2, 0) is 4.79 Å². The average Bonchev–Trinajstić information content (AvgIpc) is 3.13. The molecule has 1 aromatic carbocycles. The van der Waals surface area contributed by atoms with Gasteiger partial charge in [-0.1, -0.05) is 18.6 Å². The topological polar surface area (TPSA) is 52.6 Å². The fourth-order valence-corrected chi connectivity index (χ4v) is 3.57. The van der Waals surface area contributed by atoms with E-state index in [1.165, 1.54) is 5.56 Å². The molecule has 3 rings (SSSR count). The molecular formula is C18H26N2O2. The van der Waals surface area contributed by atoms with Crippen LogP contribution < -0.4 is 10.2 Å². The molecule has 1 aromatic rings. The maximum absolute atomic E-state index is 11.8. The molecule has 1 aliphatic heterocycles. The first-order chi connectivity index (χ1) is 10.6. The Hall–Kier alpha value is -1.39. The summed E-state index contributed by atoms with van der Waals surface area (Å²) in [5, 5.41) is 13.4. The Balaban J connectivity index is 1.56. The number of nitrogens with zero attached hydrogens (tertiary/aromatic N) is 1. The predicted octanol–water partition coefficient (Wildman–Crippen LogP) is 2.63. The number of nitrogens with one attached hydrogen (secondary N) is 1. The maximum Gasteiger partial charge on any atom is 0.227 e. The number of rotatable bonds is 5. The smallest absolute Gasteiger partial charge is 0.227 e. The third-order valence-corrected chi connectivity index (χ3v) is 5.08. The number of benzene rings is 1. The quantitative estimate of drug-likeness (QED) is 0.879. The van der Waals surface area contributed by atoms with Crippen molar-refractivity contribution in [2.45, 2.75) is 51.2 Å². The monoisotopic (exact) mass is 302 g/mol. The minimum absolute atomic E-state index is 0.136. The van der Waals surface area contributed by atoms with E-state index < -0.39 is 0 Å². The summed E-state index contributed by atoms with van der Waals surface area (Å²) in [5.74, 6) is 0.623. The van der Waals surface area contributed by atoms with Crippen molar-refractivity contribution in [3.8, 4) is 0 Å². The van der Waals surface area contributed by atoms with Crippen LogP contribution in [0.3, 0.4) is 0 Å². The van der Waals surface area contributed by atoms with Crippen LogP contribution in [-0.4, -0.2) is 30.2 Å². The molecule has 0 aromatic heterocycles. The van der Waals surface area contributed by atoms with E-state index in [0.29, 0.717) is 12.3 Å². The van der Waals surface area contributed by atoms with Gasteiger partial charge in [-0.15, -0.1) is 0 Å². The number of carbonyl (C=O) groups excluding carboxylic acids is 1. The van der Waals surface area contributed by atoms with Gasteiger partial charge in [0, 0.05) is 31.2 Å². The predicted molar refractivity (Wildman–Crippen MR) is 87.8 cm³/mol. The van der Waals surface area contributed by atoms with Crippen molar-refractivity contribution in [2.24, 2.45) is 5.92 Å². The van der Waals surface area contributed by atoms with E-state index in [2.05, 4.69) is 24.4 Å². The number of anilines is 1. The summed E-state index contributed by atoms with van der Waals surface area (Å²) in [5.41, 5.74) is 2.23. The van der Waals surface area contributed by atoms with Crippen molar-refractivity contribution in [3.63, 3.8) is 0 Å². The zero-order valence-corrected chi connectivity index (χ0v) is 13.3. The molecular weight excluding hydrogens is 276 g/mol. The van der Waals surface area contributed by atoms with Crippen LogP contribution in [0.2, 0.25) is 0 Å². The molecule has 1 saturated heterocycles. The lowest BCUT2D eigenvalue weighted by atomic mass is 10.0. The lowest BCUT2D eigenvalue weighted by Gasteiger charge is -2.21. The second kappa shape index (κ2) is 6.80. The number of aliphatic hydroxyl groups excluding tert-OH is 1. The molecule has 2 aliphatic rings. The first-order valence-electron chi connectivity index (χ1n) is 8.47. The summed E-state index contributed by atoms with van der Waals surface area (Å²) >= 11 is 0. The lowest BCUT2D eigenvalue weighted by Crippen LogP contribution is -2.29. The van der Waals surface area contributed by atoms with E-state index in [0.717, 1.165) is 44.5 Å². The van der Waals surface area contributed by atoms with Crippen LogP contribution in [0.4, 0.5) is 5.69 Å². The van der Waals surface area contributed by atoms with E-state index in [1.807, 2.05) is 17.0 Å². The fraction of sp³-hybridized carbons (Fsp3) is 0.611. The molecule has 0 radical (unpaired) electrons. The molecule has 22 heavy (non-hydrogen) atoms. The summed E-state index contributed by atoms with van der Waals surface area (Å²) in [6.07, 6.45) is 4.70. The molecule has 3 atom stereocenters. The first kappa shape index (κ1) is 15.5. The number of carbonyl (C=O) groups is 1. The summed E-state index contributed by atoms with van der Waals surface area (Å²) in [7, 11) is 0. The van der Waals surface area contributed by atoms with Crippen LogP contribution in [0.15, 0.2) is 24.3 Å². The Labute approximate surface area is 132 Å². The highest BCUT2D eigenvalue weighted by atomic mass is 16.3. The third kappa shape index (κ3) is 3.33. The van der Waals surface area contributed by atoms with Crippen LogP contribution in [0.25, 0.3) is 0 Å². The Morgan fingerprint density at radius 3 is 2.64 bits per heavy atom. The van der Waals surface area contributed by atoms with E-state index in [1.54, 1.807) is 0 Å². The van der Waals surface area contributed by atoms with Crippen LogP contribution in [0, 0.1) is 5.92 Å². The summed E-state index contributed by atoms with van der Waals surface area (Å²) in [4.78, 5) is 13.6. The standard InChI is InChI=1S/C18H26N2O2/c1-13(19-12-15-4-2-5-17(15)21)14-7-9-16(10-8-14)20-11-3-6-18(20)22/h7-10,13,15,17,19,21H,2-6,11-12H2,1H3/t13-,15-,17-/m0/s1. The van der Waals surface area contributed by atoms with Gasteiger partial charge in [0.05, 0.1) is 6.10 Å². The molecule has 1 heterocycles. The summed E-state index contributed by atoms with van der Waals surface area (Å²) < 4.78 is 0. The van der Waals surface area contributed by atoms with Gasteiger partial charge < -0.3 is 15.3 Å². The normalized spacial score (nSPS) is 26.6. The Kier molecular flexibility index (Phi) is 4.79.